The van der Waals surface area contributed by atoms with Crippen LogP contribution in [0.3, 0.4) is 0 Å². The van der Waals surface area contributed by atoms with Crippen LogP contribution in [0, 0.1) is 0 Å². The Morgan fingerprint density at radius 3 is 2.46 bits per heavy atom. The predicted molar refractivity (Wildman–Crippen MR) is 110 cm³/mol. The molecule has 28 heavy (non-hydrogen) atoms. The van der Waals surface area contributed by atoms with E-state index in [0.29, 0.717) is 18.8 Å². The molecule has 8 heteroatoms. The summed E-state index contributed by atoms with van der Waals surface area (Å²) in [6, 6.07) is 10.1. The monoisotopic (exact) mass is 402 g/mol. The molecule has 0 atom stereocenters. The van der Waals surface area contributed by atoms with Crippen molar-refractivity contribution in [1.82, 2.24) is 9.29 Å². The van der Waals surface area contributed by atoms with Crippen LogP contribution in [-0.2, 0) is 10.0 Å². The number of nitrogens with zero attached hydrogens (tertiary/aromatic N) is 3. The van der Waals surface area contributed by atoms with E-state index in [1.807, 2.05) is 13.8 Å². The first-order chi connectivity index (χ1) is 13.5. The molecule has 150 valence electrons. The summed E-state index contributed by atoms with van der Waals surface area (Å²) in [7, 11) is -3.62. The summed E-state index contributed by atoms with van der Waals surface area (Å²) in [5.74, 6) is -0.363. The van der Waals surface area contributed by atoms with E-state index in [2.05, 4.69) is 15.2 Å². The van der Waals surface area contributed by atoms with Crippen molar-refractivity contribution in [2.24, 2.45) is 0 Å². The number of anilines is 2. The van der Waals surface area contributed by atoms with Crippen molar-refractivity contribution in [3.05, 3.63) is 48.3 Å². The van der Waals surface area contributed by atoms with Gasteiger partial charge in [-0.05, 0) is 43.2 Å². The molecule has 1 fully saturated rings. The molecule has 1 saturated heterocycles. The highest BCUT2D eigenvalue weighted by Gasteiger charge is 2.25. The summed E-state index contributed by atoms with van der Waals surface area (Å²) in [4.78, 5) is 19.1. The maximum absolute atomic E-state index is 12.9. The van der Waals surface area contributed by atoms with Crippen LogP contribution in [-0.4, -0.2) is 49.8 Å². The van der Waals surface area contributed by atoms with Gasteiger partial charge in [0.1, 0.15) is 5.69 Å². The van der Waals surface area contributed by atoms with Gasteiger partial charge in [0.05, 0.1) is 16.3 Å². The standard InChI is InChI=1S/C20H26N4O3S/c1-3-24(4-2)28(26,27)16-10-11-19(23-13-7-8-14-23)18(15-16)22-20(25)17-9-5-6-12-21-17/h5-6,9-12,15H,3-4,7-8,13-14H2,1-2H3,(H,22,25). The van der Waals surface area contributed by atoms with Crippen LogP contribution < -0.4 is 10.2 Å². The van der Waals surface area contributed by atoms with Crippen LogP contribution in [0.4, 0.5) is 11.4 Å². The van der Waals surface area contributed by atoms with Gasteiger partial charge in [0, 0.05) is 32.4 Å². The highest BCUT2D eigenvalue weighted by atomic mass is 32.2. The number of hydrogen-bond donors (Lipinski definition) is 1. The third-order valence-corrected chi connectivity index (χ3v) is 6.95. The predicted octanol–water partition coefficient (Wildman–Crippen LogP) is 2.96. The van der Waals surface area contributed by atoms with Crippen molar-refractivity contribution in [1.29, 1.82) is 0 Å². The maximum Gasteiger partial charge on any atom is 0.274 e. The van der Waals surface area contributed by atoms with Crippen molar-refractivity contribution in [2.75, 3.05) is 36.4 Å². The molecule has 1 N–H and O–H groups in total. The molecule has 0 radical (unpaired) electrons. The van der Waals surface area contributed by atoms with Gasteiger partial charge >= 0.3 is 0 Å². The van der Waals surface area contributed by atoms with E-state index in [4.69, 9.17) is 0 Å². The Bertz CT molecular complexity index is 922. The van der Waals surface area contributed by atoms with Gasteiger partial charge in [0.25, 0.3) is 5.91 Å². The third-order valence-electron chi connectivity index (χ3n) is 4.90. The largest absolute Gasteiger partial charge is 0.370 e. The molecular formula is C20H26N4O3S. The van der Waals surface area contributed by atoms with E-state index in [0.717, 1.165) is 31.6 Å². The molecule has 0 aliphatic carbocycles. The molecular weight excluding hydrogens is 376 g/mol. The molecule has 1 aliphatic heterocycles. The fourth-order valence-electron chi connectivity index (χ4n) is 3.41. The Morgan fingerprint density at radius 1 is 1.14 bits per heavy atom. The number of hydrogen-bond acceptors (Lipinski definition) is 5. The molecule has 2 heterocycles. The molecule has 3 rings (SSSR count). The summed E-state index contributed by atoms with van der Waals surface area (Å²) >= 11 is 0. The normalized spacial score (nSPS) is 14.5. The van der Waals surface area contributed by atoms with Crippen molar-refractivity contribution in [3.8, 4) is 0 Å². The van der Waals surface area contributed by atoms with Crippen LogP contribution in [0.25, 0.3) is 0 Å². The number of sulfonamides is 1. The number of carbonyl (C=O) groups is 1. The van der Waals surface area contributed by atoms with Gasteiger partial charge in [-0.3, -0.25) is 9.78 Å². The van der Waals surface area contributed by atoms with Crippen LogP contribution in [0.5, 0.6) is 0 Å². The third kappa shape index (κ3) is 4.18. The minimum atomic E-state index is -3.62. The zero-order valence-electron chi connectivity index (χ0n) is 16.3. The number of benzene rings is 1. The highest BCUT2D eigenvalue weighted by Crippen LogP contribution is 2.32. The number of rotatable bonds is 7. The summed E-state index contributed by atoms with van der Waals surface area (Å²) in [5, 5.41) is 2.87. The molecule has 0 spiro atoms. The second-order valence-electron chi connectivity index (χ2n) is 6.63. The summed E-state index contributed by atoms with van der Waals surface area (Å²) in [6.07, 6.45) is 3.71. The first kappa shape index (κ1) is 20.3. The van der Waals surface area contributed by atoms with Gasteiger partial charge in [-0.25, -0.2) is 8.42 Å². The molecule has 2 aromatic rings. The molecule has 1 aromatic heterocycles. The van der Waals surface area contributed by atoms with E-state index >= 15 is 0 Å². The first-order valence-electron chi connectivity index (χ1n) is 9.59. The summed E-state index contributed by atoms with van der Waals surface area (Å²) in [5.41, 5.74) is 1.61. The van der Waals surface area contributed by atoms with Crippen LogP contribution >= 0.6 is 0 Å². The first-order valence-corrected chi connectivity index (χ1v) is 11.0. The fraction of sp³-hybridized carbons (Fsp3) is 0.400. The molecule has 1 aromatic carbocycles. The van der Waals surface area contributed by atoms with Crippen LogP contribution in [0.15, 0.2) is 47.5 Å². The highest BCUT2D eigenvalue weighted by molar-refractivity contribution is 7.89. The average molecular weight is 403 g/mol. The number of amides is 1. The van der Waals surface area contributed by atoms with Crippen molar-refractivity contribution < 1.29 is 13.2 Å². The lowest BCUT2D eigenvalue weighted by atomic mass is 10.2. The Kier molecular flexibility index (Phi) is 6.31. The fourth-order valence-corrected chi connectivity index (χ4v) is 4.89. The number of carbonyl (C=O) groups excluding carboxylic acids is 1. The molecule has 1 amide bonds. The van der Waals surface area contributed by atoms with E-state index in [1.165, 1.54) is 4.31 Å². The molecule has 7 nitrogen and oxygen atoms in total. The van der Waals surface area contributed by atoms with E-state index in [-0.39, 0.29) is 16.5 Å². The lowest BCUT2D eigenvalue weighted by Gasteiger charge is -2.24. The smallest absolute Gasteiger partial charge is 0.274 e. The Balaban J connectivity index is 2.00. The van der Waals surface area contributed by atoms with Gasteiger partial charge in [0.15, 0.2) is 0 Å². The lowest BCUT2D eigenvalue weighted by molar-refractivity contribution is 0.102. The van der Waals surface area contributed by atoms with Gasteiger partial charge < -0.3 is 10.2 Å². The van der Waals surface area contributed by atoms with Gasteiger partial charge in [-0.2, -0.15) is 4.31 Å². The number of nitrogens with one attached hydrogen (secondary N) is 1. The maximum atomic E-state index is 12.9. The summed E-state index contributed by atoms with van der Waals surface area (Å²) < 4.78 is 27.2. The van der Waals surface area contributed by atoms with E-state index < -0.39 is 10.0 Å². The Morgan fingerprint density at radius 2 is 1.86 bits per heavy atom. The van der Waals surface area contributed by atoms with Crippen LogP contribution in [0.2, 0.25) is 0 Å². The minimum Gasteiger partial charge on any atom is -0.370 e. The second-order valence-corrected chi connectivity index (χ2v) is 8.57. The van der Waals surface area contributed by atoms with E-state index in [9.17, 15) is 13.2 Å². The molecule has 0 bridgehead atoms. The molecule has 0 unspecified atom stereocenters. The van der Waals surface area contributed by atoms with Crippen molar-refractivity contribution in [3.63, 3.8) is 0 Å². The Hall–Kier alpha value is -2.45. The molecule has 0 saturated carbocycles. The van der Waals surface area contributed by atoms with Gasteiger partial charge in [0.2, 0.25) is 10.0 Å². The summed E-state index contributed by atoms with van der Waals surface area (Å²) in [6.45, 7) is 6.17. The van der Waals surface area contributed by atoms with Gasteiger partial charge in [-0.15, -0.1) is 0 Å². The zero-order valence-corrected chi connectivity index (χ0v) is 17.1. The average Bonchev–Trinajstić information content (AvgIpc) is 3.24. The lowest BCUT2D eigenvalue weighted by Crippen LogP contribution is -2.31. The Labute approximate surface area is 166 Å². The van der Waals surface area contributed by atoms with Crippen LogP contribution in [0.1, 0.15) is 37.2 Å². The molecule has 1 aliphatic rings. The van der Waals surface area contributed by atoms with Crippen molar-refractivity contribution >= 4 is 27.3 Å². The zero-order chi connectivity index (χ0) is 20.1. The van der Waals surface area contributed by atoms with Gasteiger partial charge in [-0.1, -0.05) is 19.9 Å². The number of pyridine rings is 1. The number of aromatic nitrogens is 1. The van der Waals surface area contributed by atoms with E-state index in [1.54, 1.807) is 42.6 Å². The van der Waals surface area contributed by atoms with Crippen molar-refractivity contribution in [2.45, 2.75) is 31.6 Å². The quantitative estimate of drug-likeness (QED) is 0.770. The minimum absolute atomic E-state index is 0.176. The second kappa shape index (κ2) is 8.70. The topological polar surface area (TPSA) is 82.6 Å². The SMILES string of the molecule is CCN(CC)S(=O)(=O)c1ccc(N2CCCC2)c(NC(=O)c2ccccn2)c1.